The maximum absolute atomic E-state index is 5.75. The molecule has 0 atom stereocenters. The van der Waals surface area contributed by atoms with Gasteiger partial charge in [-0.2, -0.15) is 5.21 Å². The molecule has 156 valence electrons. The minimum Gasteiger partial charge on any atom is -0.355 e. The molecule has 1 fully saturated rings. The van der Waals surface area contributed by atoms with Gasteiger partial charge in [0.2, 0.25) is 0 Å². The molecule has 0 amide bonds. The van der Waals surface area contributed by atoms with Crippen LogP contribution in [0.15, 0.2) is 60.7 Å². The first-order chi connectivity index (χ1) is 14.7. The van der Waals surface area contributed by atoms with E-state index in [4.69, 9.17) is 12.2 Å². The summed E-state index contributed by atoms with van der Waals surface area (Å²) in [4.78, 5) is 4.66. The van der Waals surface area contributed by atoms with Crippen LogP contribution in [0.2, 0.25) is 0 Å². The zero-order chi connectivity index (χ0) is 20.8. The van der Waals surface area contributed by atoms with Crippen molar-refractivity contribution in [1.82, 2.24) is 30.4 Å². The summed E-state index contributed by atoms with van der Waals surface area (Å²) < 4.78 is 0.978. The summed E-state index contributed by atoms with van der Waals surface area (Å²) in [6.45, 7) is 4.11. The highest BCUT2D eigenvalue weighted by atomic mass is 32.2. The summed E-state index contributed by atoms with van der Waals surface area (Å²) in [6.07, 6.45) is 0.819. The number of tetrazole rings is 1. The molecule has 30 heavy (non-hydrogen) atoms. The van der Waals surface area contributed by atoms with Gasteiger partial charge < -0.3 is 9.80 Å². The van der Waals surface area contributed by atoms with E-state index in [1.807, 2.05) is 12.1 Å². The molecule has 1 aromatic heterocycles. The van der Waals surface area contributed by atoms with E-state index in [-0.39, 0.29) is 0 Å². The number of aromatic nitrogens is 4. The summed E-state index contributed by atoms with van der Waals surface area (Å²) in [6, 6.07) is 20.9. The van der Waals surface area contributed by atoms with Crippen molar-refractivity contribution in [1.29, 1.82) is 0 Å². The molecule has 1 aliphatic rings. The fourth-order valence-electron chi connectivity index (χ4n) is 3.99. The molecule has 2 heterocycles. The Morgan fingerprint density at radius 2 is 1.60 bits per heavy atom. The van der Waals surface area contributed by atoms with E-state index in [9.17, 15) is 0 Å². The molecule has 1 aliphatic heterocycles. The summed E-state index contributed by atoms with van der Waals surface area (Å²) in [7, 11) is 2.16. The van der Waals surface area contributed by atoms with E-state index < -0.39 is 5.41 Å². The smallest absolute Gasteiger partial charge is 0.189 e. The number of hydrogen-bond acceptors (Lipinski definition) is 6. The van der Waals surface area contributed by atoms with Crippen LogP contribution < -0.4 is 0 Å². The number of aromatic amines is 1. The Hall–Kier alpha value is -2.29. The van der Waals surface area contributed by atoms with Gasteiger partial charge in [0.25, 0.3) is 0 Å². The van der Waals surface area contributed by atoms with E-state index in [0.717, 1.165) is 53.8 Å². The van der Waals surface area contributed by atoms with E-state index >= 15 is 0 Å². The number of nitrogens with zero attached hydrogens (tertiary/aromatic N) is 5. The molecule has 1 saturated heterocycles. The molecule has 8 heteroatoms. The quantitative estimate of drug-likeness (QED) is 0.593. The van der Waals surface area contributed by atoms with E-state index in [1.165, 1.54) is 0 Å². The van der Waals surface area contributed by atoms with Crippen LogP contribution in [-0.4, -0.2) is 73.7 Å². The molecule has 0 aliphatic carbocycles. The Kier molecular flexibility index (Phi) is 6.76. The maximum Gasteiger partial charge on any atom is 0.189 e. The Labute approximate surface area is 187 Å². The predicted molar refractivity (Wildman–Crippen MR) is 126 cm³/mol. The summed E-state index contributed by atoms with van der Waals surface area (Å²) in [5.74, 6) is 1.55. The molecule has 4 rings (SSSR count). The lowest BCUT2D eigenvalue weighted by atomic mass is 9.72. The largest absolute Gasteiger partial charge is 0.355 e. The molecule has 3 aromatic rings. The van der Waals surface area contributed by atoms with Crippen molar-refractivity contribution in [3.05, 3.63) is 77.6 Å². The van der Waals surface area contributed by atoms with Crippen LogP contribution in [0.1, 0.15) is 23.4 Å². The number of hydrogen-bond donors (Lipinski definition) is 1. The molecule has 0 spiro atoms. The summed E-state index contributed by atoms with van der Waals surface area (Å²) in [5.41, 5.74) is 1.83. The molecule has 2 aromatic carbocycles. The van der Waals surface area contributed by atoms with Crippen molar-refractivity contribution in [3.63, 3.8) is 0 Å². The number of H-pyrrole nitrogens is 1. The number of benzene rings is 2. The van der Waals surface area contributed by atoms with Crippen LogP contribution in [0.5, 0.6) is 0 Å². The second-order valence-electron chi connectivity index (χ2n) is 7.53. The predicted octanol–water partition coefficient (Wildman–Crippen LogP) is 3.19. The first kappa shape index (κ1) is 21.0. The highest BCUT2D eigenvalue weighted by molar-refractivity contribution is 8.22. The molecular weight excluding hydrogens is 412 g/mol. The number of likely N-dealkylation sites (N-methyl/N-ethyl adjacent to an activating group) is 1. The van der Waals surface area contributed by atoms with Gasteiger partial charge in [0, 0.05) is 31.9 Å². The minimum absolute atomic E-state index is 0.486. The van der Waals surface area contributed by atoms with Gasteiger partial charge in [-0.05, 0) is 24.6 Å². The third-order valence-electron chi connectivity index (χ3n) is 5.72. The lowest BCUT2D eigenvalue weighted by Crippen LogP contribution is -2.45. The fourth-order valence-corrected chi connectivity index (χ4v) is 5.37. The van der Waals surface area contributed by atoms with Crippen LogP contribution in [-0.2, 0) is 5.41 Å². The average molecular weight is 439 g/mol. The SMILES string of the molecule is CN1CCN(C(=S)SCCC(c2ccccc2)(c2ccccc2)c2nn[nH]n2)CC1. The zero-order valence-electron chi connectivity index (χ0n) is 17.1. The van der Waals surface area contributed by atoms with Crippen molar-refractivity contribution in [3.8, 4) is 0 Å². The molecule has 1 N–H and O–H groups in total. The molecule has 0 saturated carbocycles. The fraction of sp³-hybridized carbons (Fsp3) is 0.364. The summed E-state index contributed by atoms with van der Waals surface area (Å²) >= 11 is 7.51. The number of nitrogens with one attached hydrogen (secondary N) is 1. The van der Waals surface area contributed by atoms with E-state index in [1.54, 1.807) is 11.8 Å². The van der Waals surface area contributed by atoms with Crippen molar-refractivity contribution in [2.75, 3.05) is 39.0 Å². The topological polar surface area (TPSA) is 60.9 Å². The maximum atomic E-state index is 5.75. The lowest BCUT2D eigenvalue weighted by Gasteiger charge is -2.35. The standard InChI is InChI=1S/C22H26N6S2/c1-27-13-15-28(16-14-27)21(29)30-17-12-22(20-23-25-26-24-20,18-8-4-2-5-9-18)19-10-6-3-7-11-19/h2-11H,12-17H2,1H3,(H,23,24,25,26). The first-order valence-corrected chi connectivity index (χ1v) is 11.5. The second kappa shape index (κ2) is 9.68. The van der Waals surface area contributed by atoms with Crippen LogP contribution in [0.4, 0.5) is 0 Å². The molecule has 0 unspecified atom stereocenters. The van der Waals surface area contributed by atoms with Gasteiger partial charge >= 0.3 is 0 Å². The third-order valence-corrected chi connectivity index (χ3v) is 7.25. The second-order valence-corrected chi connectivity index (χ2v) is 9.26. The van der Waals surface area contributed by atoms with Gasteiger partial charge in [-0.3, -0.25) is 0 Å². The Morgan fingerprint density at radius 1 is 1.00 bits per heavy atom. The van der Waals surface area contributed by atoms with Gasteiger partial charge in [0.05, 0.1) is 5.41 Å². The number of piperazine rings is 1. The first-order valence-electron chi connectivity index (χ1n) is 10.2. The van der Waals surface area contributed by atoms with Gasteiger partial charge in [-0.25, -0.2) is 0 Å². The highest BCUT2D eigenvalue weighted by Crippen LogP contribution is 2.41. The van der Waals surface area contributed by atoms with Crippen molar-refractivity contribution in [2.45, 2.75) is 11.8 Å². The zero-order valence-corrected chi connectivity index (χ0v) is 18.7. The molecule has 0 bridgehead atoms. The normalized spacial score (nSPS) is 15.3. The van der Waals surface area contributed by atoms with Crippen LogP contribution in [0.25, 0.3) is 0 Å². The molecule has 0 radical (unpaired) electrons. The van der Waals surface area contributed by atoms with Crippen molar-refractivity contribution in [2.24, 2.45) is 0 Å². The minimum atomic E-state index is -0.486. The van der Waals surface area contributed by atoms with Crippen molar-refractivity contribution >= 4 is 28.3 Å². The average Bonchev–Trinajstić information content (AvgIpc) is 3.34. The Balaban J connectivity index is 1.60. The van der Waals surface area contributed by atoms with E-state index in [0.29, 0.717) is 5.82 Å². The summed E-state index contributed by atoms with van der Waals surface area (Å²) in [5, 5.41) is 15.4. The molecular formula is C22H26N6S2. The van der Waals surface area contributed by atoms with Crippen LogP contribution >= 0.6 is 24.0 Å². The van der Waals surface area contributed by atoms with Gasteiger partial charge in [-0.15, -0.1) is 10.2 Å². The van der Waals surface area contributed by atoms with Gasteiger partial charge in [0.15, 0.2) is 5.82 Å². The third kappa shape index (κ3) is 4.40. The van der Waals surface area contributed by atoms with Gasteiger partial charge in [0.1, 0.15) is 4.32 Å². The Bertz CT molecular complexity index is 885. The number of thioether (sulfide) groups is 1. The lowest BCUT2D eigenvalue weighted by molar-refractivity contribution is 0.220. The number of rotatable bonds is 6. The van der Waals surface area contributed by atoms with Crippen molar-refractivity contribution < 1.29 is 0 Å². The highest BCUT2D eigenvalue weighted by Gasteiger charge is 2.40. The Morgan fingerprint density at radius 3 is 2.13 bits per heavy atom. The number of thiocarbonyl (C=S) groups is 1. The molecule has 6 nitrogen and oxygen atoms in total. The van der Waals surface area contributed by atoms with E-state index in [2.05, 4.69) is 86.0 Å². The monoisotopic (exact) mass is 438 g/mol. The van der Waals surface area contributed by atoms with Gasteiger partial charge in [-0.1, -0.05) is 89.9 Å². The van der Waals surface area contributed by atoms with Crippen LogP contribution in [0.3, 0.4) is 0 Å². The van der Waals surface area contributed by atoms with Crippen LogP contribution in [0, 0.1) is 0 Å².